The molecule has 0 radical (unpaired) electrons. The lowest BCUT2D eigenvalue weighted by Gasteiger charge is -2.23. The van der Waals surface area contributed by atoms with E-state index >= 15 is 0 Å². The molecule has 3 heteroatoms. The van der Waals surface area contributed by atoms with Gasteiger partial charge < -0.3 is 10.6 Å². The summed E-state index contributed by atoms with van der Waals surface area (Å²) in [6, 6.07) is 8.59. The zero-order valence-electron chi connectivity index (χ0n) is 11.0. The smallest absolute Gasteiger partial charge is 0.220 e. The van der Waals surface area contributed by atoms with Gasteiger partial charge in [0.25, 0.3) is 0 Å². The SMILES string of the molecule is Cc1ccccc1CCC(=O)N[C@H]1CCCNC1. The molecule has 98 valence electrons. The molecule has 0 aliphatic carbocycles. The summed E-state index contributed by atoms with van der Waals surface area (Å²) in [5, 5.41) is 6.42. The van der Waals surface area contributed by atoms with E-state index < -0.39 is 0 Å². The van der Waals surface area contributed by atoms with E-state index in [0.29, 0.717) is 12.5 Å². The van der Waals surface area contributed by atoms with E-state index in [1.165, 1.54) is 11.1 Å². The molecule has 2 rings (SSSR count). The average molecular weight is 246 g/mol. The lowest BCUT2D eigenvalue weighted by atomic mass is 10.0. The van der Waals surface area contributed by atoms with Crippen molar-refractivity contribution < 1.29 is 4.79 Å². The second-order valence-electron chi connectivity index (χ2n) is 5.04. The van der Waals surface area contributed by atoms with Crippen molar-refractivity contribution in [3.05, 3.63) is 35.4 Å². The zero-order valence-corrected chi connectivity index (χ0v) is 11.0. The Kier molecular flexibility index (Phi) is 4.76. The van der Waals surface area contributed by atoms with Crippen LogP contribution in [0.4, 0.5) is 0 Å². The number of hydrogen-bond donors (Lipinski definition) is 2. The molecule has 1 aliphatic heterocycles. The maximum Gasteiger partial charge on any atom is 0.220 e. The summed E-state index contributed by atoms with van der Waals surface area (Å²) in [5.74, 6) is 0.173. The van der Waals surface area contributed by atoms with E-state index in [-0.39, 0.29) is 5.91 Å². The number of hydrogen-bond acceptors (Lipinski definition) is 2. The lowest BCUT2D eigenvalue weighted by Crippen LogP contribution is -2.45. The molecule has 3 nitrogen and oxygen atoms in total. The van der Waals surface area contributed by atoms with E-state index in [2.05, 4.69) is 29.7 Å². The van der Waals surface area contributed by atoms with Crippen molar-refractivity contribution in [3.8, 4) is 0 Å². The average Bonchev–Trinajstić information content (AvgIpc) is 2.39. The minimum atomic E-state index is 0.173. The number of nitrogens with one attached hydrogen (secondary N) is 2. The number of benzene rings is 1. The molecule has 0 spiro atoms. The molecular weight excluding hydrogens is 224 g/mol. The molecule has 1 fully saturated rings. The van der Waals surface area contributed by atoms with E-state index in [1.807, 2.05) is 12.1 Å². The monoisotopic (exact) mass is 246 g/mol. The topological polar surface area (TPSA) is 41.1 Å². The van der Waals surface area contributed by atoms with Gasteiger partial charge in [0.2, 0.25) is 5.91 Å². The number of aryl methyl sites for hydroxylation is 2. The molecule has 1 aliphatic rings. The van der Waals surface area contributed by atoms with Crippen molar-refractivity contribution in [3.63, 3.8) is 0 Å². The molecule has 1 aromatic rings. The van der Waals surface area contributed by atoms with Gasteiger partial charge in [0.15, 0.2) is 0 Å². The Hall–Kier alpha value is -1.35. The molecule has 1 heterocycles. The fourth-order valence-electron chi connectivity index (χ4n) is 2.41. The molecule has 1 aromatic carbocycles. The fourth-order valence-corrected chi connectivity index (χ4v) is 2.41. The van der Waals surface area contributed by atoms with Gasteiger partial charge in [-0.15, -0.1) is 0 Å². The molecule has 1 atom stereocenters. The van der Waals surface area contributed by atoms with Crippen LogP contribution in [0.15, 0.2) is 24.3 Å². The number of amides is 1. The van der Waals surface area contributed by atoms with Crippen LogP contribution in [0.1, 0.15) is 30.4 Å². The highest BCUT2D eigenvalue weighted by Crippen LogP contribution is 2.09. The summed E-state index contributed by atoms with van der Waals surface area (Å²) in [6.07, 6.45) is 3.67. The predicted molar refractivity (Wildman–Crippen MR) is 73.5 cm³/mol. The Morgan fingerprint density at radius 3 is 3.00 bits per heavy atom. The minimum absolute atomic E-state index is 0.173. The Morgan fingerprint density at radius 1 is 1.44 bits per heavy atom. The summed E-state index contributed by atoms with van der Waals surface area (Å²) in [6.45, 7) is 4.09. The largest absolute Gasteiger partial charge is 0.352 e. The Morgan fingerprint density at radius 2 is 2.28 bits per heavy atom. The zero-order chi connectivity index (χ0) is 12.8. The van der Waals surface area contributed by atoms with Crippen LogP contribution < -0.4 is 10.6 Å². The van der Waals surface area contributed by atoms with Crippen LogP contribution in [-0.4, -0.2) is 25.0 Å². The van der Waals surface area contributed by atoms with Crippen molar-refractivity contribution in [1.29, 1.82) is 0 Å². The quantitative estimate of drug-likeness (QED) is 0.850. The van der Waals surface area contributed by atoms with Crippen molar-refractivity contribution >= 4 is 5.91 Å². The number of rotatable bonds is 4. The molecule has 18 heavy (non-hydrogen) atoms. The Balaban J connectivity index is 1.76. The van der Waals surface area contributed by atoms with Crippen LogP contribution in [0.5, 0.6) is 0 Å². The van der Waals surface area contributed by atoms with Gasteiger partial charge >= 0.3 is 0 Å². The van der Waals surface area contributed by atoms with Gasteiger partial charge in [-0.05, 0) is 43.9 Å². The summed E-state index contributed by atoms with van der Waals surface area (Å²) in [7, 11) is 0. The maximum atomic E-state index is 11.9. The molecule has 0 unspecified atom stereocenters. The van der Waals surface area contributed by atoms with E-state index in [9.17, 15) is 4.79 Å². The number of piperidine rings is 1. The second-order valence-corrected chi connectivity index (χ2v) is 5.04. The first-order valence-corrected chi connectivity index (χ1v) is 6.80. The summed E-state index contributed by atoms with van der Waals surface area (Å²) >= 11 is 0. The minimum Gasteiger partial charge on any atom is -0.352 e. The van der Waals surface area contributed by atoms with Gasteiger partial charge in [-0.2, -0.15) is 0 Å². The molecule has 0 bridgehead atoms. The fraction of sp³-hybridized carbons (Fsp3) is 0.533. The van der Waals surface area contributed by atoms with Gasteiger partial charge in [-0.3, -0.25) is 4.79 Å². The van der Waals surface area contributed by atoms with Crippen molar-refractivity contribution in [2.45, 2.75) is 38.6 Å². The van der Waals surface area contributed by atoms with E-state index in [1.54, 1.807) is 0 Å². The maximum absolute atomic E-state index is 11.9. The molecular formula is C15H22N2O. The Bertz CT molecular complexity index is 397. The third kappa shape index (κ3) is 3.84. The van der Waals surface area contributed by atoms with Crippen LogP contribution in [0.2, 0.25) is 0 Å². The molecule has 1 amide bonds. The van der Waals surface area contributed by atoms with Gasteiger partial charge in [0.1, 0.15) is 0 Å². The number of carbonyl (C=O) groups excluding carboxylic acids is 1. The first kappa shape index (κ1) is 13.1. The molecule has 0 aromatic heterocycles. The highest BCUT2D eigenvalue weighted by molar-refractivity contribution is 5.76. The van der Waals surface area contributed by atoms with Gasteiger partial charge in [-0.25, -0.2) is 0 Å². The first-order chi connectivity index (χ1) is 8.75. The summed E-state index contributed by atoms with van der Waals surface area (Å²) < 4.78 is 0. The third-order valence-electron chi connectivity index (χ3n) is 3.54. The summed E-state index contributed by atoms with van der Waals surface area (Å²) in [5.41, 5.74) is 2.54. The number of carbonyl (C=O) groups is 1. The standard InChI is InChI=1S/C15H22N2O/c1-12-5-2-3-6-13(12)8-9-15(18)17-14-7-4-10-16-11-14/h2-3,5-6,14,16H,4,7-11H2,1H3,(H,17,18)/t14-/m0/s1. The van der Waals surface area contributed by atoms with Gasteiger partial charge in [0.05, 0.1) is 0 Å². The second kappa shape index (κ2) is 6.55. The van der Waals surface area contributed by atoms with Crippen LogP contribution >= 0.6 is 0 Å². The van der Waals surface area contributed by atoms with Crippen LogP contribution in [0.3, 0.4) is 0 Å². The van der Waals surface area contributed by atoms with Crippen molar-refractivity contribution in [1.82, 2.24) is 10.6 Å². The first-order valence-electron chi connectivity index (χ1n) is 6.80. The third-order valence-corrected chi connectivity index (χ3v) is 3.54. The van der Waals surface area contributed by atoms with Crippen LogP contribution in [0.25, 0.3) is 0 Å². The molecule has 2 N–H and O–H groups in total. The van der Waals surface area contributed by atoms with Gasteiger partial charge in [-0.1, -0.05) is 24.3 Å². The van der Waals surface area contributed by atoms with E-state index in [4.69, 9.17) is 0 Å². The lowest BCUT2D eigenvalue weighted by molar-refractivity contribution is -0.121. The van der Waals surface area contributed by atoms with E-state index in [0.717, 1.165) is 32.4 Å². The molecule has 1 saturated heterocycles. The Labute approximate surface area is 109 Å². The van der Waals surface area contributed by atoms with Crippen molar-refractivity contribution in [2.24, 2.45) is 0 Å². The highest BCUT2D eigenvalue weighted by Gasteiger charge is 2.15. The summed E-state index contributed by atoms with van der Waals surface area (Å²) in [4.78, 5) is 11.9. The highest BCUT2D eigenvalue weighted by atomic mass is 16.1. The van der Waals surface area contributed by atoms with Crippen molar-refractivity contribution in [2.75, 3.05) is 13.1 Å². The normalized spacial score (nSPS) is 19.5. The molecule has 0 saturated carbocycles. The predicted octanol–water partition coefficient (Wildman–Crippen LogP) is 1.80. The van der Waals surface area contributed by atoms with Crippen LogP contribution in [-0.2, 0) is 11.2 Å². The van der Waals surface area contributed by atoms with Crippen LogP contribution in [0, 0.1) is 6.92 Å². The van der Waals surface area contributed by atoms with Gasteiger partial charge in [0, 0.05) is 19.0 Å².